The van der Waals surface area contributed by atoms with Gasteiger partial charge in [0.15, 0.2) is 6.04 Å². The zero-order valence-corrected chi connectivity index (χ0v) is 13.2. The maximum Gasteiger partial charge on any atom is 0.460 e. The van der Waals surface area contributed by atoms with Crippen molar-refractivity contribution in [3.63, 3.8) is 0 Å². The molecule has 0 heterocycles. The lowest BCUT2D eigenvalue weighted by atomic mass is 10.00. The predicted molar refractivity (Wildman–Crippen MR) is 59.9 cm³/mol. The van der Waals surface area contributed by atoms with Crippen molar-refractivity contribution < 1.29 is 39.5 Å². The molecule has 12 heteroatoms. The molecule has 0 atom stereocenters. The Hall–Kier alpha value is 0.547. The molecule has 0 unspecified atom stereocenters. The molecule has 0 aliphatic heterocycles. The Balaban J connectivity index is 5.06. The second-order valence-corrected chi connectivity index (χ2v) is 15.3. The molecule has 0 rings (SSSR count). The molecule has 0 N–H and O–H groups in total. The van der Waals surface area contributed by atoms with Crippen LogP contribution in [0, 0.1) is 0 Å². The van der Waals surface area contributed by atoms with Gasteiger partial charge >= 0.3 is 23.9 Å². The van der Waals surface area contributed by atoms with Gasteiger partial charge in [0.05, 0.1) is 0 Å². The van der Waals surface area contributed by atoms with E-state index < -0.39 is 42.8 Å². The van der Waals surface area contributed by atoms with E-state index in [0.29, 0.717) is 0 Å². The van der Waals surface area contributed by atoms with Crippen LogP contribution in [-0.4, -0.2) is 30.0 Å². The fraction of sp³-hybridized carbons (Fsp3) is 1.00. The minimum atomic E-state index is -6.79. The Morgan fingerprint density at radius 3 is 1.47 bits per heavy atom. The van der Waals surface area contributed by atoms with Gasteiger partial charge in [-0.2, -0.15) is 39.5 Å². The van der Waals surface area contributed by atoms with Crippen molar-refractivity contribution in [2.45, 2.75) is 42.8 Å². The second kappa shape index (κ2) is 6.12. The van der Waals surface area contributed by atoms with Crippen molar-refractivity contribution in [2.24, 2.45) is 0 Å². The summed E-state index contributed by atoms with van der Waals surface area (Å²) in [4.78, 5) is 0. The van der Waals surface area contributed by atoms with Gasteiger partial charge < -0.3 is 0 Å². The lowest BCUT2D eigenvalue weighted by Crippen LogP contribution is -2.60. The average Bonchev–Trinajstić information content (AvgIpc) is 2.14. The fourth-order valence-corrected chi connectivity index (χ4v) is 3.50. The van der Waals surface area contributed by atoms with Crippen LogP contribution in [0.25, 0.3) is 0 Å². The van der Waals surface area contributed by atoms with Gasteiger partial charge in [-0.1, -0.05) is 0 Å². The Bertz CT molecular complexity index is 301. The third-order valence-electron chi connectivity index (χ3n) is 2.12. The molecule has 0 radical (unpaired) electrons. The van der Waals surface area contributed by atoms with Crippen molar-refractivity contribution in [3.8, 4) is 0 Å². The second-order valence-electron chi connectivity index (χ2n) is 3.63. The highest BCUT2D eigenvalue weighted by Gasteiger charge is 2.81. The smallest absolute Gasteiger partial charge is 0.200 e. The van der Waals surface area contributed by atoms with Crippen LogP contribution in [-0.2, 0) is 0 Å². The normalized spacial score (nSPS) is 15.2. The molecular formula is C7H7Br2F9Si. The van der Waals surface area contributed by atoms with E-state index in [1.54, 1.807) is 0 Å². The molecule has 0 spiro atoms. The number of hydrogen-bond donors (Lipinski definition) is 0. The van der Waals surface area contributed by atoms with Crippen LogP contribution >= 0.6 is 30.6 Å². The van der Waals surface area contributed by atoms with Crippen LogP contribution in [0.1, 0.15) is 12.8 Å². The molecule has 0 nitrogen and oxygen atoms in total. The van der Waals surface area contributed by atoms with Gasteiger partial charge in [-0.05, 0) is 12.5 Å². The number of rotatable bonds is 6. The van der Waals surface area contributed by atoms with Crippen LogP contribution in [0.2, 0.25) is 6.04 Å². The molecule has 0 aromatic heterocycles. The predicted octanol–water partition coefficient (Wildman–Crippen LogP) is 5.25. The first-order valence-electron chi connectivity index (χ1n) is 4.65. The van der Waals surface area contributed by atoms with Gasteiger partial charge in [0.2, 0.25) is 0 Å². The van der Waals surface area contributed by atoms with Gasteiger partial charge in [0.25, 0.3) is 0 Å². The van der Waals surface area contributed by atoms with Gasteiger partial charge in [-0.3, -0.25) is 0 Å². The van der Waals surface area contributed by atoms with E-state index in [2.05, 4.69) is 30.6 Å². The van der Waals surface area contributed by atoms with Crippen molar-refractivity contribution in [3.05, 3.63) is 0 Å². The third kappa shape index (κ3) is 4.25. The Kier molecular flexibility index (Phi) is 6.30. The largest absolute Gasteiger partial charge is 0.460 e. The molecule has 0 saturated heterocycles. The summed E-state index contributed by atoms with van der Waals surface area (Å²) in [5.41, 5.74) is 0. The summed E-state index contributed by atoms with van der Waals surface area (Å²) in [6.07, 6.45) is -9.11. The summed E-state index contributed by atoms with van der Waals surface area (Å²) in [5, 5.41) is 0. The zero-order valence-electron chi connectivity index (χ0n) is 8.86. The highest BCUT2D eigenvalue weighted by atomic mass is 79.9. The molecule has 0 amide bonds. The summed E-state index contributed by atoms with van der Waals surface area (Å²) in [6.45, 7) is 0. The lowest BCUT2D eigenvalue weighted by Gasteiger charge is -2.33. The fourth-order valence-electron chi connectivity index (χ4n) is 1.04. The van der Waals surface area contributed by atoms with Gasteiger partial charge in [-0.15, -0.1) is 30.6 Å². The summed E-state index contributed by atoms with van der Waals surface area (Å²) in [6, 6.07) is -1.76. The van der Waals surface area contributed by atoms with E-state index in [4.69, 9.17) is 0 Å². The minimum absolute atomic E-state index is 0.0107. The van der Waals surface area contributed by atoms with E-state index in [9.17, 15) is 39.5 Å². The van der Waals surface area contributed by atoms with E-state index in [1.165, 1.54) is 0 Å². The zero-order chi connectivity index (χ0) is 15.7. The van der Waals surface area contributed by atoms with Crippen LogP contribution in [0.3, 0.4) is 0 Å². The number of hydrogen-bond acceptors (Lipinski definition) is 0. The molecule has 0 saturated carbocycles. The van der Waals surface area contributed by atoms with E-state index in [0.717, 1.165) is 0 Å². The topological polar surface area (TPSA) is 0 Å². The Labute approximate surface area is 119 Å². The summed E-state index contributed by atoms with van der Waals surface area (Å²) in [7, 11) is 0. The molecule has 0 bridgehead atoms. The quantitative estimate of drug-likeness (QED) is 0.295. The van der Waals surface area contributed by atoms with Gasteiger partial charge in [0, 0.05) is 6.42 Å². The number of halogens is 11. The monoisotopic (exact) mass is 448 g/mol. The molecule has 0 aromatic rings. The maximum absolute atomic E-state index is 12.9. The van der Waals surface area contributed by atoms with Crippen LogP contribution in [0.5, 0.6) is 0 Å². The molecule has 116 valence electrons. The number of alkyl halides is 9. The highest BCUT2D eigenvalue weighted by molar-refractivity contribution is 9.49. The van der Waals surface area contributed by atoms with E-state index >= 15 is 0 Å². The Morgan fingerprint density at radius 1 is 0.737 bits per heavy atom. The first kappa shape index (κ1) is 19.5. The van der Waals surface area contributed by atoms with Crippen molar-refractivity contribution >= 4 is 36.6 Å². The van der Waals surface area contributed by atoms with Crippen LogP contribution < -0.4 is 0 Å². The van der Waals surface area contributed by atoms with Gasteiger partial charge in [-0.25, -0.2) is 0 Å². The lowest BCUT2D eigenvalue weighted by molar-refractivity contribution is -0.396. The van der Waals surface area contributed by atoms with Crippen LogP contribution in [0.15, 0.2) is 0 Å². The summed E-state index contributed by atoms with van der Waals surface area (Å²) >= 11 is 5.92. The first-order valence-corrected chi connectivity index (χ1v) is 11.8. The van der Waals surface area contributed by atoms with Crippen molar-refractivity contribution in [1.29, 1.82) is 0 Å². The third-order valence-corrected chi connectivity index (χ3v) is 5.71. The summed E-state index contributed by atoms with van der Waals surface area (Å²) in [5.74, 6) is -18.7. The molecule has 0 aliphatic carbocycles. The van der Waals surface area contributed by atoms with Crippen molar-refractivity contribution in [1.82, 2.24) is 0 Å². The maximum atomic E-state index is 12.9. The Morgan fingerprint density at radius 2 is 1.16 bits per heavy atom. The molecule has 0 fully saturated rings. The average molecular weight is 450 g/mol. The highest BCUT2D eigenvalue weighted by Crippen LogP contribution is 2.54. The first-order chi connectivity index (χ1) is 8.17. The molecule has 19 heavy (non-hydrogen) atoms. The van der Waals surface area contributed by atoms with E-state index in [-0.39, 0.29) is 6.04 Å². The van der Waals surface area contributed by atoms with Gasteiger partial charge in [0.1, 0.15) is 0 Å². The molecule has 0 aromatic carbocycles. The summed E-state index contributed by atoms with van der Waals surface area (Å²) < 4.78 is 111. The SMILES string of the molecule is FC(F)(F)C(F)(F)C(F)(F)C(F)(F)CCC[SiH](Br)Br. The standard InChI is InChI=1S/C7H7Br2F9Si/c8-19(9)3-1-2-4(10,11)5(12,13)6(14,15)7(16,17)18/h19H,1-3H2. The van der Waals surface area contributed by atoms with Crippen molar-refractivity contribution in [2.75, 3.05) is 0 Å². The van der Waals surface area contributed by atoms with E-state index in [1.807, 2.05) is 0 Å². The minimum Gasteiger partial charge on any atom is -0.200 e. The van der Waals surface area contributed by atoms with Crippen LogP contribution in [0.4, 0.5) is 39.5 Å². The molecule has 0 aliphatic rings. The molecular weight excluding hydrogens is 443 g/mol.